The zero-order valence-electron chi connectivity index (χ0n) is 10.2. The molecule has 0 amide bonds. The highest BCUT2D eigenvalue weighted by atomic mass is 35.5. The first-order valence-electron chi connectivity index (χ1n) is 5.29. The average Bonchev–Trinajstić information content (AvgIpc) is 2.15. The van der Waals surface area contributed by atoms with Crippen molar-refractivity contribution in [3.8, 4) is 0 Å². The quantitative estimate of drug-likeness (QED) is 0.751. The first-order valence-corrected chi connectivity index (χ1v) is 5.67. The van der Waals surface area contributed by atoms with Crippen molar-refractivity contribution < 1.29 is 4.79 Å². The standard InChI is InChI=1S/C13H18ClNO/c1-13(2,3)9-15(4)12-7-11(14)6-5-10(12)8-16/h5-8H,9H2,1-4H3. The summed E-state index contributed by atoms with van der Waals surface area (Å²) >= 11 is 5.95. The van der Waals surface area contributed by atoms with E-state index in [4.69, 9.17) is 11.6 Å². The van der Waals surface area contributed by atoms with Gasteiger partial charge in [0, 0.05) is 29.9 Å². The smallest absolute Gasteiger partial charge is 0.152 e. The summed E-state index contributed by atoms with van der Waals surface area (Å²) in [5.74, 6) is 0. The maximum absolute atomic E-state index is 10.9. The molecule has 1 aromatic rings. The number of hydrogen-bond donors (Lipinski definition) is 0. The summed E-state index contributed by atoms with van der Waals surface area (Å²) in [6.07, 6.45) is 0.866. The van der Waals surface area contributed by atoms with E-state index in [-0.39, 0.29) is 5.41 Å². The molecule has 0 N–H and O–H groups in total. The molecule has 0 bridgehead atoms. The molecule has 0 unspecified atom stereocenters. The van der Waals surface area contributed by atoms with Crippen molar-refractivity contribution in [1.82, 2.24) is 0 Å². The van der Waals surface area contributed by atoms with Gasteiger partial charge in [-0.15, -0.1) is 0 Å². The summed E-state index contributed by atoms with van der Waals surface area (Å²) < 4.78 is 0. The fourth-order valence-corrected chi connectivity index (χ4v) is 1.91. The fraction of sp³-hybridized carbons (Fsp3) is 0.462. The van der Waals surface area contributed by atoms with E-state index >= 15 is 0 Å². The summed E-state index contributed by atoms with van der Waals surface area (Å²) in [6, 6.07) is 5.32. The Bertz CT molecular complexity index is 382. The summed E-state index contributed by atoms with van der Waals surface area (Å²) in [4.78, 5) is 13.0. The molecule has 0 heterocycles. The Balaban J connectivity index is 3.02. The Kier molecular flexibility index (Phi) is 3.98. The van der Waals surface area contributed by atoms with Crippen molar-refractivity contribution in [3.05, 3.63) is 28.8 Å². The summed E-state index contributed by atoms with van der Waals surface area (Å²) in [7, 11) is 1.98. The second-order valence-electron chi connectivity index (χ2n) is 5.24. The lowest BCUT2D eigenvalue weighted by molar-refractivity contribution is 0.112. The summed E-state index contributed by atoms with van der Waals surface area (Å²) in [6.45, 7) is 7.35. The van der Waals surface area contributed by atoms with Crippen molar-refractivity contribution >= 4 is 23.6 Å². The van der Waals surface area contributed by atoms with E-state index in [0.29, 0.717) is 10.6 Å². The number of benzene rings is 1. The van der Waals surface area contributed by atoms with Crippen molar-refractivity contribution in [3.63, 3.8) is 0 Å². The molecular weight excluding hydrogens is 222 g/mol. The van der Waals surface area contributed by atoms with Gasteiger partial charge < -0.3 is 4.90 Å². The molecule has 0 aliphatic carbocycles. The minimum atomic E-state index is 0.178. The van der Waals surface area contributed by atoms with Gasteiger partial charge in [-0.25, -0.2) is 0 Å². The highest BCUT2D eigenvalue weighted by molar-refractivity contribution is 6.31. The van der Waals surface area contributed by atoms with Crippen LogP contribution < -0.4 is 4.90 Å². The van der Waals surface area contributed by atoms with Gasteiger partial charge in [0.25, 0.3) is 0 Å². The van der Waals surface area contributed by atoms with Crippen LogP contribution in [0.3, 0.4) is 0 Å². The van der Waals surface area contributed by atoms with E-state index in [0.717, 1.165) is 18.5 Å². The molecule has 0 aliphatic rings. The highest BCUT2D eigenvalue weighted by Crippen LogP contribution is 2.25. The van der Waals surface area contributed by atoms with Gasteiger partial charge in [0.05, 0.1) is 0 Å². The number of aldehydes is 1. The summed E-state index contributed by atoms with van der Waals surface area (Å²) in [5, 5.41) is 0.654. The second-order valence-corrected chi connectivity index (χ2v) is 5.67. The van der Waals surface area contributed by atoms with Crippen LogP contribution in [0.5, 0.6) is 0 Å². The van der Waals surface area contributed by atoms with Gasteiger partial charge in [-0.1, -0.05) is 32.4 Å². The molecule has 0 spiro atoms. The number of halogens is 1. The third-order valence-corrected chi connectivity index (χ3v) is 2.48. The summed E-state index contributed by atoms with van der Waals surface area (Å²) in [5.41, 5.74) is 1.74. The SMILES string of the molecule is CN(CC(C)(C)C)c1cc(Cl)ccc1C=O. The van der Waals surface area contributed by atoms with E-state index in [2.05, 4.69) is 25.7 Å². The first kappa shape index (κ1) is 13.0. The molecule has 88 valence electrons. The number of anilines is 1. The molecule has 16 heavy (non-hydrogen) atoms. The highest BCUT2D eigenvalue weighted by Gasteiger charge is 2.16. The van der Waals surface area contributed by atoms with Gasteiger partial charge in [-0.3, -0.25) is 4.79 Å². The Morgan fingerprint density at radius 3 is 2.50 bits per heavy atom. The average molecular weight is 240 g/mol. The molecule has 2 nitrogen and oxygen atoms in total. The predicted octanol–water partition coefficient (Wildman–Crippen LogP) is 3.63. The lowest BCUT2D eigenvalue weighted by atomic mass is 9.96. The fourth-order valence-electron chi connectivity index (χ4n) is 1.74. The van der Waals surface area contributed by atoms with Gasteiger partial charge in [-0.05, 0) is 23.6 Å². The van der Waals surface area contributed by atoms with Gasteiger partial charge in [-0.2, -0.15) is 0 Å². The van der Waals surface area contributed by atoms with E-state index in [9.17, 15) is 4.79 Å². The molecular formula is C13H18ClNO. The van der Waals surface area contributed by atoms with Crippen molar-refractivity contribution in [2.24, 2.45) is 5.41 Å². The van der Waals surface area contributed by atoms with Crippen LogP contribution in [0.4, 0.5) is 5.69 Å². The number of hydrogen-bond acceptors (Lipinski definition) is 2. The largest absolute Gasteiger partial charge is 0.373 e. The maximum atomic E-state index is 10.9. The topological polar surface area (TPSA) is 20.3 Å². The zero-order chi connectivity index (χ0) is 12.3. The zero-order valence-corrected chi connectivity index (χ0v) is 11.0. The van der Waals surface area contributed by atoms with E-state index in [1.165, 1.54) is 0 Å². The molecule has 0 radical (unpaired) electrons. The third kappa shape index (κ3) is 3.53. The Labute approximate surface area is 102 Å². The normalized spacial score (nSPS) is 11.3. The molecule has 0 aliphatic heterocycles. The molecule has 0 saturated carbocycles. The Morgan fingerprint density at radius 1 is 1.38 bits per heavy atom. The van der Waals surface area contributed by atoms with Crippen LogP contribution in [0.25, 0.3) is 0 Å². The molecule has 1 aromatic carbocycles. The maximum Gasteiger partial charge on any atom is 0.152 e. The van der Waals surface area contributed by atoms with Crippen molar-refractivity contribution in [1.29, 1.82) is 0 Å². The van der Waals surface area contributed by atoms with Gasteiger partial charge in [0.2, 0.25) is 0 Å². The minimum absolute atomic E-state index is 0.178. The van der Waals surface area contributed by atoms with Crippen LogP contribution in [-0.2, 0) is 0 Å². The van der Waals surface area contributed by atoms with Crippen LogP contribution in [0.2, 0.25) is 5.02 Å². The first-order chi connectivity index (χ1) is 7.33. The Hall–Kier alpha value is -1.02. The molecule has 0 saturated heterocycles. The molecule has 0 atom stereocenters. The minimum Gasteiger partial charge on any atom is -0.373 e. The van der Waals surface area contributed by atoms with E-state index in [1.807, 2.05) is 13.1 Å². The molecule has 3 heteroatoms. The van der Waals surface area contributed by atoms with Crippen molar-refractivity contribution in [2.45, 2.75) is 20.8 Å². The lowest BCUT2D eigenvalue weighted by Crippen LogP contribution is -2.29. The van der Waals surface area contributed by atoms with Crippen LogP contribution in [0.1, 0.15) is 31.1 Å². The van der Waals surface area contributed by atoms with Crippen molar-refractivity contribution in [2.75, 3.05) is 18.5 Å². The van der Waals surface area contributed by atoms with Crippen LogP contribution in [-0.4, -0.2) is 19.9 Å². The van der Waals surface area contributed by atoms with Gasteiger partial charge in [0.1, 0.15) is 0 Å². The van der Waals surface area contributed by atoms with E-state index in [1.54, 1.807) is 12.1 Å². The monoisotopic (exact) mass is 239 g/mol. The van der Waals surface area contributed by atoms with Crippen LogP contribution >= 0.6 is 11.6 Å². The number of carbonyl (C=O) groups is 1. The molecule has 1 rings (SSSR count). The molecule has 0 fully saturated rings. The van der Waals surface area contributed by atoms with Crippen LogP contribution in [0.15, 0.2) is 18.2 Å². The molecule has 0 aromatic heterocycles. The number of rotatable bonds is 3. The predicted molar refractivity (Wildman–Crippen MR) is 69.6 cm³/mol. The van der Waals surface area contributed by atoms with Gasteiger partial charge in [0.15, 0.2) is 6.29 Å². The van der Waals surface area contributed by atoms with Crippen LogP contribution in [0, 0.1) is 5.41 Å². The Morgan fingerprint density at radius 2 is 2.00 bits per heavy atom. The lowest BCUT2D eigenvalue weighted by Gasteiger charge is -2.29. The second kappa shape index (κ2) is 4.88. The number of carbonyl (C=O) groups excluding carboxylic acids is 1. The van der Waals surface area contributed by atoms with E-state index < -0.39 is 0 Å². The van der Waals surface area contributed by atoms with Gasteiger partial charge >= 0.3 is 0 Å². The number of nitrogens with zero attached hydrogens (tertiary/aromatic N) is 1. The third-order valence-electron chi connectivity index (χ3n) is 2.24.